The first-order valence-corrected chi connectivity index (χ1v) is 8.21. The summed E-state index contributed by atoms with van der Waals surface area (Å²) < 4.78 is 12.0. The van der Waals surface area contributed by atoms with E-state index >= 15 is 0 Å². The predicted octanol–water partition coefficient (Wildman–Crippen LogP) is 5.43. The number of carbonyl (C=O) groups is 1. The van der Waals surface area contributed by atoms with Gasteiger partial charge in [0.25, 0.3) is 0 Å². The molecule has 3 aromatic rings. The lowest BCUT2D eigenvalue weighted by Crippen LogP contribution is -1.98. The van der Waals surface area contributed by atoms with Gasteiger partial charge in [-0.2, -0.15) is 0 Å². The highest BCUT2D eigenvalue weighted by Crippen LogP contribution is 2.31. The third kappa shape index (κ3) is 3.61. The van der Waals surface area contributed by atoms with Crippen molar-refractivity contribution in [2.24, 2.45) is 0 Å². The molecule has 25 heavy (non-hydrogen) atoms. The van der Waals surface area contributed by atoms with Crippen LogP contribution < -0.4 is 4.74 Å². The maximum atomic E-state index is 11.2. The van der Waals surface area contributed by atoms with Crippen LogP contribution in [0.15, 0.2) is 52.9 Å². The molecule has 0 unspecified atom stereocenters. The Labute approximate surface area is 150 Å². The maximum absolute atomic E-state index is 11.2. The third-order valence-corrected chi connectivity index (χ3v) is 4.04. The molecule has 0 aliphatic carbocycles. The number of ether oxygens (including phenoxy) is 1. The predicted molar refractivity (Wildman–Crippen MR) is 101 cm³/mol. The maximum Gasteiger partial charge on any atom is 0.335 e. The summed E-state index contributed by atoms with van der Waals surface area (Å²) in [5.41, 5.74) is 1.70. The van der Waals surface area contributed by atoms with Gasteiger partial charge >= 0.3 is 5.97 Å². The minimum Gasteiger partial charge on any atom is -0.488 e. The molecule has 1 aromatic heterocycles. The first-order chi connectivity index (χ1) is 12.1. The summed E-state index contributed by atoms with van der Waals surface area (Å²) in [5, 5.41) is 9.72. The van der Waals surface area contributed by atoms with Crippen LogP contribution in [0.3, 0.4) is 0 Å². The molecule has 0 saturated carbocycles. The highest BCUT2D eigenvalue weighted by molar-refractivity contribution is 7.71. The summed E-state index contributed by atoms with van der Waals surface area (Å²) in [6.45, 7) is 2.28. The van der Waals surface area contributed by atoms with E-state index in [2.05, 4.69) is 0 Å². The molecule has 1 heterocycles. The number of rotatable bonds is 5. The van der Waals surface area contributed by atoms with Gasteiger partial charge in [0.15, 0.2) is 11.5 Å². The third-order valence-electron chi connectivity index (χ3n) is 3.64. The normalized spacial score (nSPS) is 11.1. The van der Waals surface area contributed by atoms with Crippen LogP contribution in [0.4, 0.5) is 0 Å². The zero-order chi connectivity index (χ0) is 17.8. The minimum absolute atomic E-state index is 0.156. The first kappa shape index (κ1) is 16.9. The van der Waals surface area contributed by atoms with Crippen molar-refractivity contribution in [2.45, 2.75) is 6.92 Å². The zero-order valence-electron chi connectivity index (χ0n) is 13.6. The van der Waals surface area contributed by atoms with Gasteiger partial charge in [0.2, 0.25) is 0 Å². The number of fused-ring (bicyclic) bond motifs is 1. The van der Waals surface area contributed by atoms with E-state index in [-0.39, 0.29) is 5.56 Å². The van der Waals surface area contributed by atoms with Crippen molar-refractivity contribution >= 4 is 41.3 Å². The van der Waals surface area contributed by atoms with E-state index < -0.39 is 5.97 Å². The molecule has 4 nitrogen and oxygen atoms in total. The topological polar surface area (TPSA) is 59.7 Å². The Morgan fingerprint density at radius 3 is 2.64 bits per heavy atom. The molecule has 3 rings (SSSR count). The molecule has 0 spiro atoms. The van der Waals surface area contributed by atoms with Gasteiger partial charge in [-0.15, -0.1) is 0 Å². The molecule has 0 bridgehead atoms. The van der Waals surface area contributed by atoms with E-state index in [1.54, 1.807) is 12.1 Å². The van der Waals surface area contributed by atoms with Gasteiger partial charge in [0, 0.05) is 5.39 Å². The second-order valence-corrected chi connectivity index (χ2v) is 5.73. The van der Waals surface area contributed by atoms with E-state index in [1.807, 2.05) is 43.3 Å². The number of carboxylic acids is 1. The van der Waals surface area contributed by atoms with Crippen LogP contribution in [0.5, 0.6) is 5.75 Å². The van der Waals surface area contributed by atoms with Gasteiger partial charge < -0.3 is 14.3 Å². The van der Waals surface area contributed by atoms with Gasteiger partial charge in [0.05, 0.1) is 16.7 Å². The molecule has 0 aliphatic heterocycles. The van der Waals surface area contributed by atoms with Crippen molar-refractivity contribution in [1.29, 1.82) is 0 Å². The van der Waals surface area contributed by atoms with Crippen LogP contribution in [0.25, 0.3) is 23.1 Å². The van der Waals surface area contributed by atoms with E-state index in [9.17, 15) is 4.79 Å². The monoisotopic (exact) mass is 352 g/mol. The molecule has 1 N–H and O–H groups in total. The summed E-state index contributed by atoms with van der Waals surface area (Å²) >= 11 is 5.51. The largest absolute Gasteiger partial charge is 0.488 e. The second kappa shape index (κ2) is 7.32. The molecule has 0 fully saturated rings. The molecular weight excluding hydrogens is 336 g/mol. The SMILES string of the molecule is CCOc1c(C=Cc2ccccc2)oc2ccc(C(=O)O)cc2c1=S. The van der Waals surface area contributed by atoms with Crippen molar-refractivity contribution in [2.75, 3.05) is 6.61 Å². The Balaban J connectivity index is 2.16. The van der Waals surface area contributed by atoms with E-state index in [4.69, 9.17) is 26.5 Å². The van der Waals surface area contributed by atoms with Gasteiger partial charge in [-0.1, -0.05) is 48.6 Å². The average Bonchev–Trinajstić information content (AvgIpc) is 2.63. The van der Waals surface area contributed by atoms with E-state index in [0.717, 1.165) is 5.56 Å². The Bertz CT molecular complexity index is 1000. The van der Waals surface area contributed by atoms with Crippen LogP contribution in [-0.4, -0.2) is 17.7 Å². The summed E-state index contributed by atoms with van der Waals surface area (Å²) in [7, 11) is 0. The lowest BCUT2D eigenvalue weighted by molar-refractivity contribution is 0.0697. The molecule has 0 saturated heterocycles. The number of aromatic carboxylic acids is 1. The van der Waals surface area contributed by atoms with Gasteiger partial charge in [-0.05, 0) is 36.8 Å². The first-order valence-electron chi connectivity index (χ1n) is 7.80. The van der Waals surface area contributed by atoms with Gasteiger partial charge in [-0.25, -0.2) is 4.79 Å². The molecule has 2 aromatic carbocycles. The Hall–Kier alpha value is -2.92. The summed E-state index contributed by atoms with van der Waals surface area (Å²) in [5.74, 6) is -0.0618. The van der Waals surface area contributed by atoms with Crippen molar-refractivity contribution in [3.63, 3.8) is 0 Å². The number of carboxylic acid groups (broad SMARTS) is 1. The molecule has 5 heteroatoms. The fraction of sp³-hybridized carbons (Fsp3) is 0.100. The van der Waals surface area contributed by atoms with E-state index in [0.29, 0.717) is 33.6 Å². The molecule has 0 amide bonds. The number of hydrogen-bond donors (Lipinski definition) is 1. The van der Waals surface area contributed by atoms with Crippen molar-refractivity contribution < 1.29 is 19.1 Å². The van der Waals surface area contributed by atoms with Crippen molar-refractivity contribution in [3.05, 3.63) is 69.9 Å². The summed E-state index contributed by atoms with van der Waals surface area (Å²) in [6.07, 6.45) is 3.72. The fourth-order valence-corrected chi connectivity index (χ4v) is 2.77. The number of benzene rings is 2. The quantitative estimate of drug-likeness (QED) is 0.621. The van der Waals surface area contributed by atoms with Crippen LogP contribution in [0.1, 0.15) is 28.6 Å². The van der Waals surface area contributed by atoms with Crippen LogP contribution in [-0.2, 0) is 0 Å². The Morgan fingerprint density at radius 2 is 1.96 bits per heavy atom. The molecule has 0 aliphatic rings. The fourth-order valence-electron chi connectivity index (χ4n) is 2.46. The smallest absolute Gasteiger partial charge is 0.335 e. The lowest BCUT2D eigenvalue weighted by Gasteiger charge is -2.09. The molecule has 0 radical (unpaired) electrons. The standard InChI is InChI=1S/C20H16O4S/c1-2-23-18-17(10-8-13-6-4-3-5-7-13)24-16-11-9-14(20(21)22)12-15(16)19(18)25/h3-12H,2H2,1H3,(H,21,22). The second-order valence-electron chi connectivity index (χ2n) is 5.32. The summed E-state index contributed by atoms with van der Waals surface area (Å²) in [6, 6.07) is 14.4. The molecule has 126 valence electrons. The summed E-state index contributed by atoms with van der Waals surface area (Å²) in [4.78, 5) is 11.2. The van der Waals surface area contributed by atoms with Crippen LogP contribution in [0.2, 0.25) is 0 Å². The lowest BCUT2D eigenvalue weighted by atomic mass is 10.1. The van der Waals surface area contributed by atoms with Crippen LogP contribution in [0, 0.1) is 4.51 Å². The van der Waals surface area contributed by atoms with Gasteiger partial charge in [0.1, 0.15) is 5.58 Å². The number of hydrogen-bond acceptors (Lipinski definition) is 4. The highest BCUT2D eigenvalue weighted by Gasteiger charge is 2.13. The Morgan fingerprint density at radius 1 is 1.20 bits per heavy atom. The zero-order valence-corrected chi connectivity index (χ0v) is 14.4. The highest BCUT2D eigenvalue weighted by atomic mass is 32.1. The van der Waals surface area contributed by atoms with Gasteiger partial charge in [-0.3, -0.25) is 0 Å². The molecular formula is C20H16O4S. The van der Waals surface area contributed by atoms with Crippen molar-refractivity contribution in [1.82, 2.24) is 0 Å². The van der Waals surface area contributed by atoms with E-state index in [1.165, 1.54) is 12.1 Å². The molecule has 0 atom stereocenters. The van der Waals surface area contributed by atoms with Crippen molar-refractivity contribution in [3.8, 4) is 5.75 Å². The Kier molecular flexibility index (Phi) is 4.95. The average molecular weight is 352 g/mol. The van der Waals surface area contributed by atoms with Crippen LogP contribution >= 0.6 is 12.2 Å². The minimum atomic E-state index is -1.01.